The number of thioether (sulfide) groups is 1. The SMILES string of the molecule is O=C(CSc1nnc(-c2ccccc2Cl)o1)Nc1cc(F)cc(F)c1. The summed E-state index contributed by atoms with van der Waals surface area (Å²) in [5, 5.41) is 10.7. The summed E-state index contributed by atoms with van der Waals surface area (Å²) in [6, 6.07) is 9.75. The molecule has 0 atom stereocenters. The van der Waals surface area contributed by atoms with Gasteiger partial charge in [-0.3, -0.25) is 4.79 Å². The van der Waals surface area contributed by atoms with Crippen molar-refractivity contribution in [3.8, 4) is 11.5 Å². The van der Waals surface area contributed by atoms with Gasteiger partial charge < -0.3 is 9.73 Å². The van der Waals surface area contributed by atoms with Crippen LogP contribution in [-0.4, -0.2) is 21.9 Å². The summed E-state index contributed by atoms with van der Waals surface area (Å²) < 4.78 is 31.6. The first-order valence-corrected chi connectivity index (χ1v) is 8.35. The lowest BCUT2D eigenvalue weighted by Crippen LogP contribution is -2.14. The van der Waals surface area contributed by atoms with Gasteiger partial charge in [0.25, 0.3) is 5.22 Å². The molecule has 0 spiro atoms. The summed E-state index contributed by atoms with van der Waals surface area (Å²) in [4.78, 5) is 11.9. The molecule has 1 amide bonds. The van der Waals surface area contributed by atoms with E-state index in [1.807, 2.05) is 0 Å². The van der Waals surface area contributed by atoms with Crippen LogP contribution in [-0.2, 0) is 4.79 Å². The molecule has 0 saturated carbocycles. The molecule has 0 saturated heterocycles. The first kappa shape index (κ1) is 17.4. The van der Waals surface area contributed by atoms with Crippen molar-refractivity contribution in [1.82, 2.24) is 10.2 Å². The molecule has 1 aromatic heterocycles. The first-order valence-electron chi connectivity index (χ1n) is 6.98. The minimum Gasteiger partial charge on any atom is -0.411 e. The molecule has 0 unspecified atom stereocenters. The Bertz CT molecular complexity index is 900. The number of hydrogen-bond acceptors (Lipinski definition) is 5. The number of benzene rings is 2. The quantitative estimate of drug-likeness (QED) is 0.663. The zero-order valence-electron chi connectivity index (χ0n) is 12.5. The lowest BCUT2D eigenvalue weighted by atomic mass is 10.2. The number of rotatable bonds is 5. The molecule has 25 heavy (non-hydrogen) atoms. The molecule has 128 valence electrons. The van der Waals surface area contributed by atoms with E-state index >= 15 is 0 Å². The molecule has 0 bridgehead atoms. The number of anilines is 1. The first-order chi connectivity index (χ1) is 12.0. The van der Waals surface area contributed by atoms with E-state index in [1.54, 1.807) is 24.3 Å². The summed E-state index contributed by atoms with van der Waals surface area (Å²) in [5.41, 5.74) is 0.619. The van der Waals surface area contributed by atoms with Gasteiger partial charge >= 0.3 is 0 Å². The average molecular weight is 382 g/mol. The zero-order valence-corrected chi connectivity index (χ0v) is 14.1. The van der Waals surface area contributed by atoms with Gasteiger partial charge in [-0.2, -0.15) is 0 Å². The van der Waals surface area contributed by atoms with E-state index < -0.39 is 17.5 Å². The fourth-order valence-corrected chi connectivity index (χ4v) is 2.74. The van der Waals surface area contributed by atoms with E-state index in [1.165, 1.54) is 0 Å². The minimum absolute atomic E-state index is 0.0328. The predicted octanol–water partition coefficient (Wildman–Crippen LogP) is 4.40. The Balaban J connectivity index is 1.60. The number of carbonyl (C=O) groups is 1. The molecule has 5 nitrogen and oxygen atoms in total. The van der Waals surface area contributed by atoms with Gasteiger partial charge in [0.05, 0.1) is 16.3 Å². The molecule has 0 aliphatic rings. The van der Waals surface area contributed by atoms with Crippen LogP contribution in [0.1, 0.15) is 0 Å². The summed E-state index contributed by atoms with van der Waals surface area (Å²) in [6.07, 6.45) is 0. The Kier molecular flexibility index (Phi) is 5.30. The van der Waals surface area contributed by atoms with Crippen LogP contribution < -0.4 is 5.32 Å². The third-order valence-electron chi connectivity index (χ3n) is 2.98. The normalized spacial score (nSPS) is 10.7. The molecule has 1 N–H and O–H groups in total. The smallest absolute Gasteiger partial charge is 0.277 e. The van der Waals surface area contributed by atoms with Crippen LogP contribution in [0.3, 0.4) is 0 Å². The molecule has 3 aromatic rings. The van der Waals surface area contributed by atoms with Crippen LogP contribution >= 0.6 is 23.4 Å². The third kappa shape index (κ3) is 4.55. The Morgan fingerprint density at radius 3 is 2.60 bits per heavy atom. The van der Waals surface area contributed by atoms with E-state index in [9.17, 15) is 13.6 Å². The second-order valence-corrected chi connectivity index (χ2v) is 6.18. The second-order valence-electron chi connectivity index (χ2n) is 4.85. The predicted molar refractivity (Wildman–Crippen MR) is 90.5 cm³/mol. The van der Waals surface area contributed by atoms with Crippen molar-refractivity contribution < 1.29 is 18.0 Å². The van der Waals surface area contributed by atoms with Crippen molar-refractivity contribution in [1.29, 1.82) is 0 Å². The van der Waals surface area contributed by atoms with Crippen LogP contribution in [0.4, 0.5) is 14.5 Å². The van der Waals surface area contributed by atoms with Crippen molar-refractivity contribution in [3.63, 3.8) is 0 Å². The maximum Gasteiger partial charge on any atom is 0.277 e. The summed E-state index contributed by atoms with van der Waals surface area (Å²) in [7, 11) is 0. The van der Waals surface area contributed by atoms with E-state index in [0.29, 0.717) is 10.6 Å². The van der Waals surface area contributed by atoms with Gasteiger partial charge in [-0.25, -0.2) is 8.78 Å². The van der Waals surface area contributed by atoms with E-state index in [4.69, 9.17) is 16.0 Å². The second kappa shape index (κ2) is 7.62. The number of carbonyl (C=O) groups excluding carboxylic acids is 1. The molecule has 0 fully saturated rings. The van der Waals surface area contributed by atoms with Crippen molar-refractivity contribution in [2.24, 2.45) is 0 Å². The van der Waals surface area contributed by atoms with E-state index in [0.717, 1.165) is 30.0 Å². The number of aromatic nitrogens is 2. The average Bonchev–Trinajstić information content (AvgIpc) is 3.01. The topological polar surface area (TPSA) is 68.0 Å². The Morgan fingerprint density at radius 2 is 1.88 bits per heavy atom. The number of hydrogen-bond donors (Lipinski definition) is 1. The summed E-state index contributed by atoms with van der Waals surface area (Å²) in [5.74, 6) is -1.84. The summed E-state index contributed by atoms with van der Waals surface area (Å²) in [6.45, 7) is 0. The van der Waals surface area contributed by atoms with Crippen LogP contribution in [0.5, 0.6) is 0 Å². The molecule has 0 radical (unpaired) electrons. The number of nitrogens with one attached hydrogen (secondary N) is 1. The molecular formula is C16H10ClF2N3O2S. The largest absolute Gasteiger partial charge is 0.411 e. The number of halogens is 3. The highest BCUT2D eigenvalue weighted by molar-refractivity contribution is 7.99. The monoisotopic (exact) mass is 381 g/mol. The van der Waals surface area contributed by atoms with Gasteiger partial charge in [0.1, 0.15) is 11.6 Å². The highest BCUT2D eigenvalue weighted by Crippen LogP contribution is 2.28. The fourth-order valence-electron chi connectivity index (χ4n) is 1.96. The van der Waals surface area contributed by atoms with Crippen molar-refractivity contribution in [2.45, 2.75) is 5.22 Å². The van der Waals surface area contributed by atoms with Gasteiger partial charge in [0.2, 0.25) is 11.8 Å². The van der Waals surface area contributed by atoms with Crippen LogP contribution in [0.25, 0.3) is 11.5 Å². The maximum absolute atomic E-state index is 13.1. The number of amides is 1. The van der Waals surface area contributed by atoms with Gasteiger partial charge in [-0.05, 0) is 24.3 Å². The Hall–Kier alpha value is -2.45. The van der Waals surface area contributed by atoms with Crippen molar-refractivity contribution in [3.05, 3.63) is 59.1 Å². The van der Waals surface area contributed by atoms with E-state index in [-0.39, 0.29) is 22.6 Å². The molecule has 0 aliphatic heterocycles. The van der Waals surface area contributed by atoms with E-state index in [2.05, 4.69) is 15.5 Å². The Morgan fingerprint density at radius 1 is 1.16 bits per heavy atom. The lowest BCUT2D eigenvalue weighted by Gasteiger charge is -2.04. The van der Waals surface area contributed by atoms with Gasteiger partial charge in [0, 0.05) is 11.8 Å². The standard InChI is InChI=1S/C16H10ClF2N3O2S/c17-13-4-2-1-3-12(13)15-21-22-16(24-15)25-8-14(23)20-11-6-9(18)5-10(19)7-11/h1-7H,8H2,(H,20,23). The van der Waals surface area contributed by atoms with Crippen molar-refractivity contribution in [2.75, 3.05) is 11.1 Å². The van der Waals surface area contributed by atoms with Gasteiger partial charge in [-0.1, -0.05) is 35.5 Å². The van der Waals surface area contributed by atoms with Gasteiger partial charge in [-0.15, -0.1) is 10.2 Å². The minimum atomic E-state index is -0.774. The highest BCUT2D eigenvalue weighted by Gasteiger charge is 2.13. The Labute approximate surface area is 150 Å². The van der Waals surface area contributed by atoms with Gasteiger partial charge in [0.15, 0.2) is 0 Å². The maximum atomic E-state index is 13.1. The molecule has 3 rings (SSSR count). The number of nitrogens with zero attached hydrogens (tertiary/aromatic N) is 2. The molecule has 0 aliphatic carbocycles. The lowest BCUT2D eigenvalue weighted by molar-refractivity contribution is -0.113. The van der Waals surface area contributed by atoms with Crippen LogP contribution in [0, 0.1) is 11.6 Å². The molecule has 9 heteroatoms. The summed E-state index contributed by atoms with van der Waals surface area (Å²) >= 11 is 7.05. The molecule has 2 aromatic carbocycles. The molecular weight excluding hydrogens is 372 g/mol. The highest BCUT2D eigenvalue weighted by atomic mass is 35.5. The third-order valence-corrected chi connectivity index (χ3v) is 4.13. The zero-order chi connectivity index (χ0) is 17.8. The van der Waals surface area contributed by atoms with Crippen molar-refractivity contribution >= 4 is 35.0 Å². The van der Waals surface area contributed by atoms with Crippen LogP contribution in [0.2, 0.25) is 5.02 Å². The van der Waals surface area contributed by atoms with Crippen LogP contribution in [0.15, 0.2) is 52.1 Å². The molecule has 1 heterocycles. The fraction of sp³-hybridized carbons (Fsp3) is 0.0625.